The average molecular weight is 834 g/mol. The van der Waals surface area contributed by atoms with E-state index in [0.717, 1.165) is 33.3 Å². The number of Topliss-reactive ketones (excluding diaryl/α,β-unsaturated/α-hetero) is 1. The maximum Gasteiger partial charge on any atom is 0.321 e. The molecule has 3 saturated carbocycles. The number of aromatic nitrogens is 1. The number of esters is 1. The fourth-order valence-electron chi connectivity index (χ4n) is 10.8. The Morgan fingerprint density at radius 2 is 1.79 bits per heavy atom. The maximum absolute atomic E-state index is 13.0. The molecule has 2 aliphatic heterocycles. The van der Waals surface area contributed by atoms with Crippen LogP contribution < -0.4 is 14.8 Å². The van der Waals surface area contributed by atoms with Crippen molar-refractivity contribution in [2.75, 3.05) is 13.4 Å². The first kappa shape index (κ1) is 38.5. The number of aliphatic hydroxyl groups excluding tert-OH is 2. The van der Waals surface area contributed by atoms with Crippen LogP contribution in [-0.2, 0) is 30.3 Å². The number of para-hydroxylation sites is 1. The summed E-state index contributed by atoms with van der Waals surface area (Å²) < 4.78 is 14.9. The normalized spacial score (nSPS) is 36.3. The molecule has 6 N–H and O–H groups in total. The number of ether oxygens (including phenoxy) is 3. The van der Waals surface area contributed by atoms with Gasteiger partial charge in [0.15, 0.2) is 29.5 Å². The Labute approximate surface area is 331 Å². The van der Waals surface area contributed by atoms with Crippen molar-refractivity contribution in [3.63, 3.8) is 0 Å². The summed E-state index contributed by atoms with van der Waals surface area (Å²) in [5, 5.41) is 47.8. The van der Waals surface area contributed by atoms with E-state index >= 15 is 0 Å². The number of carboxylic acid groups (broad SMARTS) is 1. The molecule has 56 heavy (non-hydrogen) atoms. The predicted molar refractivity (Wildman–Crippen MR) is 205 cm³/mol. The molecule has 9 rings (SSSR count). The number of halogens is 1. The molecule has 13 nitrogen and oxygen atoms in total. The number of allylic oxidation sites excluding steroid dienone is 4. The number of aromatic amines is 1. The third-order valence-corrected chi connectivity index (χ3v) is 15.6. The van der Waals surface area contributed by atoms with Crippen LogP contribution in [0.1, 0.15) is 69.3 Å². The lowest BCUT2D eigenvalue weighted by Gasteiger charge is -2.64. The Morgan fingerprint density at radius 1 is 1.04 bits per heavy atom. The average Bonchev–Trinajstić information content (AvgIpc) is 3.85. The lowest BCUT2D eigenvalue weighted by molar-refractivity contribution is -0.187. The highest BCUT2D eigenvalue weighted by molar-refractivity contribution is 9.10. The Balaban J connectivity index is 0.000000161. The summed E-state index contributed by atoms with van der Waals surface area (Å²) in [5.74, 6) is -1.33. The molecule has 3 fully saturated rings. The van der Waals surface area contributed by atoms with Gasteiger partial charge in [0.1, 0.15) is 6.04 Å². The molecule has 3 heterocycles. The third-order valence-electron chi connectivity index (χ3n) is 13.6. The van der Waals surface area contributed by atoms with E-state index in [-0.39, 0.29) is 43.3 Å². The quantitative estimate of drug-likeness (QED) is 0.158. The summed E-state index contributed by atoms with van der Waals surface area (Å²) in [7, 11) is 0. The summed E-state index contributed by atoms with van der Waals surface area (Å²) in [5.41, 5.74) is 1.15. The monoisotopic (exact) mass is 832 g/mol. The number of alkyl halides is 1. The van der Waals surface area contributed by atoms with E-state index in [2.05, 4.69) is 26.2 Å². The van der Waals surface area contributed by atoms with Gasteiger partial charge in [-0.05, 0) is 79.0 Å². The minimum absolute atomic E-state index is 0.0705. The molecular formula is C42H45BrN2O11. The maximum atomic E-state index is 13.0. The van der Waals surface area contributed by atoms with E-state index in [4.69, 9.17) is 14.2 Å². The fourth-order valence-corrected chi connectivity index (χ4v) is 11.9. The molecule has 10 atom stereocenters. The number of carboxylic acids is 1. The molecule has 0 spiro atoms. The third kappa shape index (κ3) is 5.62. The van der Waals surface area contributed by atoms with Crippen molar-refractivity contribution in [3.05, 3.63) is 83.1 Å². The van der Waals surface area contributed by atoms with Gasteiger partial charge in [-0.2, -0.15) is 0 Å². The van der Waals surface area contributed by atoms with Crippen LogP contribution in [0.15, 0.2) is 66.3 Å². The highest BCUT2D eigenvalue weighted by Crippen LogP contribution is 2.71. The number of fused-ring (bicyclic) bond motifs is 9. The van der Waals surface area contributed by atoms with Crippen LogP contribution >= 0.6 is 15.9 Å². The van der Waals surface area contributed by atoms with E-state index in [1.807, 2.05) is 55.5 Å². The zero-order chi connectivity index (χ0) is 39.9. The van der Waals surface area contributed by atoms with Crippen LogP contribution in [0, 0.1) is 22.7 Å². The highest BCUT2D eigenvalue weighted by atomic mass is 79.9. The van der Waals surface area contributed by atoms with Crippen molar-refractivity contribution in [3.8, 4) is 11.5 Å². The van der Waals surface area contributed by atoms with Crippen molar-refractivity contribution in [1.82, 2.24) is 10.3 Å². The first-order valence-corrected chi connectivity index (χ1v) is 19.7. The van der Waals surface area contributed by atoms with Gasteiger partial charge in [0, 0.05) is 40.8 Å². The zero-order valence-corrected chi connectivity index (χ0v) is 32.8. The number of benzene rings is 2. The van der Waals surface area contributed by atoms with Gasteiger partial charge >= 0.3 is 11.9 Å². The first-order chi connectivity index (χ1) is 26.5. The second-order valence-electron chi connectivity index (χ2n) is 16.4. The van der Waals surface area contributed by atoms with Crippen LogP contribution in [0.2, 0.25) is 0 Å². The Bertz CT molecular complexity index is 2220. The van der Waals surface area contributed by atoms with Gasteiger partial charge in [0.25, 0.3) is 0 Å². The Hall–Kier alpha value is -4.34. The van der Waals surface area contributed by atoms with Crippen LogP contribution in [0.3, 0.4) is 0 Å². The summed E-state index contributed by atoms with van der Waals surface area (Å²) in [4.78, 5) is 51.3. The van der Waals surface area contributed by atoms with Crippen LogP contribution in [0.4, 0.5) is 0 Å². The van der Waals surface area contributed by atoms with E-state index in [1.54, 1.807) is 13.0 Å². The van der Waals surface area contributed by atoms with Gasteiger partial charge in [-0.3, -0.25) is 24.5 Å². The van der Waals surface area contributed by atoms with Crippen LogP contribution in [0.5, 0.6) is 11.5 Å². The second-order valence-corrected chi connectivity index (χ2v) is 17.7. The molecule has 0 saturated heterocycles. The zero-order valence-electron chi connectivity index (χ0n) is 31.2. The smallest absolute Gasteiger partial charge is 0.321 e. The van der Waals surface area contributed by atoms with Gasteiger partial charge in [-0.1, -0.05) is 65.7 Å². The fraction of sp³-hybridized carbons (Fsp3) is 0.476. The minimum atomic E-state index is -2.13. The number of ketones is 2. The number of H-pyrrole nitrogens is 1. The van der Waals surface area contributed by atoms with Gasteiger partial charge in [0.2, 0.25) is 12.6 Å². The number of aliphatic carboxylic acids is 1. The molecule has 0 radical (unpaired) electrons. The van der Waals surface area contributed by atoms with Gasteiger partial charge in [0.05, 0.1) is 22.6 Å². The molecule has 6 aliphatic rings. The predicted octanol–water partition coefficient (Wildman–Crippen LogP) is 4.20. The summed E-state index contributed by atoms with van der Waals surface area (Å²) >= 11 is 3.89. The van der Waals surface area contributed by atoms with Crippen molar-refractivity contribution in [2.24, 2.45) is 22.7 Å². The molecule has 2 aromatic carbocycles. The van der Waals surface area contributed by atoms with Crippen molar-refractivity contribution in [1.29, 1.82) is 0 Å². The summed E-state index contributed by atoms with van der Waals surface area (Å²) in [6.45, 7) is 4.50. The van der Waals surface area contributed by atoms with Gasteiger partial charge in [-0.25, -0.2) is 0 Å². The largest absolute Gasteiger partial charge is 0.480 e. The number of rotatable bonds is 5. The lowest BCUT2D eigenvalue weighted by atomic mass is 9.46. The topological polar surface area (TPSA) is 205 Å². The number of nitrogens with one attached hydrogen (secondary N) is 2. The number of carbonyl (C=O) groups is 4. The highest BCUT2D eigenvalue weighted by Gasteiger charge is 2.75. The standard InChI is InChI=1S/C23H29BrO7.C19H16N2O4/c1-12(25)31-11-19(29)23(30)17(27)9-16-15-5-4-13-8-14(26)6-7-20(13,2)22(15,24)18(28)10-21(16,23)3;22-19(23)14-8-12-11-3-1-2-4-13(11)20-18(12)17(21-14)10-5-6-15-16(7-10)25-9-24-15/h6-8,15-18,27-28,30H,4-5,9-11H2,1-3H3;1-7,14,17,20-21H,8-9H2,(H,22,23)/t15-,16-,17+,18-,20-,21-,22-,23-;14-,17-/m01/s1. The molecule has 14 heteroatoms. The number of hydrogen-bond donors (Lipinski definition) is 6. The SMILES string of the molecule is CC(=O)OCC(=O)[C@@]1(O)[C@H](O)C[C@H]2[C@@H]3CCC4=CC(=O)C=C[C@]4(C)[C@@]3(Br)[C@@H](O)C[C@@]21C.O=C(O)[C@H]1Cc2c([nH]c3ccccc23)[C@@H](c2ccc3c(c2)OCO3)N1. The van der Waals surface area contributed by atoms with Gasteiger partial charge < -0.3 is 39.6 Å². The van der Waals surface area contributed by atoms with E-state index in [0.29, 0.717) is 30.8 Å². The molecule has 4 aliphatic carbocycles. The lowest BCUT2D eigenvalue weighted by Crippen LogP contribution is -2.69. The molecule has 1 aromatic heterocycles. The summed E-state index contributed by atoms with van der Waals surface area (Å²) in [6, 6.07) is 12.8. The van der Waals surface area contributed by atoms with Crippen LogP contribution in [-0.4, -0.2) is 90.5 Å². The second kappa shape index (κ2) is 13.7. The summed E-state index contributed by atoms with van der Waals surface area (Å²) in [6.07, 6.45) is 4.75. The van der Waals surface area contributed by atoms with Crippen molar-refractivity contribution in [2.45, 2.75) is 87.1 Å². The molecule has 0 bridgehead atoms. The van der Waals surface area contributed by atoms with Crippen molar-refractivity contribution >= 4 is 50.3 Å². The Kier molecular flexibility index (Phi) is 9.39. The number of carbonyl (C=O) groups excluding carboxylic acids is 3. The van der Waals surface area contributed by atoms with Crippen LogP contribution in [0.25, 0.3) is 10.9 Å². The first-order valence-electron chi connectivity index (χ1n) is 18.9. The minimum Gasteiger partial charge on any atom is -0.480 e. The number of aliphatic hydroxyl groups is 3. The Morgan fingerprint density at radius 3 is 2.54 bits per heavy atom. The molecule has 0 unspecified atom stereocenters. The number of hydrogen-bond acceptors (Lipinski definition) is 11. The van der Waals surface area contributed by atoms with E-state index in [1.165, 1.54) is 13.0 Å². The molecule has 296 valence electrons. The molecular weight excluding hydrogens is 788 g/mol. The van der Waals surface area contributed by atoms with Crippen molar-refractivity contribution < 1.29 is 53.8 Å². The molecule has 0 amide bonds. The molecule has 3 aromatic rings. The van der Waals surface area contributed by atoms with E-state index < -0.39 is 63.3 Å². The van der Waals surface area contributed by atoms with E-state index in [9.17, 15) is 39.6 Å². The van der Waals surface area contributed by atoms with Gasteiger partial charge in [-0.15, -0.1) is 0 Å².